The molecule has 0 bridgehead atoms. The number of nitrogens with one attached hydrogen (secondary N) is 2. The Morgan fingerprint density at radius 2 is 1.64 bits per heavy atom. The van der Waals surface area contributed by atoms with E-state index in [1.165, 1.54) is 16.8 Å². The molecule has 0 aromatic heterocycles. The summed E-state index contributed by atoms with van der Waals surface area (Å²) in [6, 6.07) is 17.4. The molecular formula is C20H20N4O3S. The smallest absolute Gasteiger partial charge is 0.254 e. The zero-order valence-electron chi connectivity index (χ0n) is 15.3. The Balaban J connectivity index is 1.76. The quantitative estimate of drug-likeness (QED) is 0.731. The van der Waals surface area contributed by atoms with Crippen molar-refractivity contribution in [1.82, 2.24) is 15.3 Å². The second-order valence-corrected chi connectivity index (χ2v) is 6.73. The molecular weight excluding hydrogens is 376 g/mol. The standard InChI is InChI=1S/C20H20N4O3S/c1-14(25)22-24-17(12-18(26)21-16-10-6-3-7-11-16)19(27)23(20(24)28)13-15-8-4-2-5-9-15/h2-11,17H,12-13H2,1H3,(H,21,26)(H,22,25). The minimum absolute atomic E-state index is 0.139. The number of para-hydroxylation sites is 1. The molecule has 7 nitrogen and oxygen atoms in total. The van der Waals surface area contributed by atoms with Gasteiger partial charge in [0.25, 0.3) is 5.91 Å². The number of hydrazine groups is 1. The van der Waals surface area contributed by atoms with E-state index in [1.54, 1.807) is 24.3 Å². The zero-order chi connectivity index (χ0) is 20.1. The molecule has 1 saturated heterocycles. The Morgan fingerprint density at radius 3 is 2.25 bits per heavy atom. The number of hydrogen-bond acceptors (Lipinski definition) is 4. The highest BCUT2D eigenvalue weighted by atomic mass is 32.1. The maximum atomic E-state index is 13.0. The van der Waals surface area contributed by atoms with Crippen LogP contribution in [0.15, 0.2) is 60.7 Å². The van der Waals surface area contributed by atoms with Crippen molar-refractivity contribution in [3.05, 3.63) is 66.2 Å². The third-order valence-electron chi connectivity index (χ3n) is 4.20. The van der Waals surface area contributed by atoms with Crippen LogP contribution in [-0.4, -0.2) is 38.8 Å². The van der Waals surface area contributed by atoms with Gasteiger partial charge in [-0.1, -0.05) is 48.5 Å². The van der Waals surface area contributed by atoms with E-state index in [2.05, 4.69) is 10.7 Å². The fraction of sp³-hybridized carbons (Fsp3) is 0.200. The van der Waals surface area contributed by atoms with Crippen molar-refractivity contribution in [2.24, 2.45) is 0 Å². The van der Waals surface area contributed by atoms with Gasteiger partial charge >= 0.3 is 0 Å². The van der Waals surface area contributed by atoms with Gasteiger partial charge in [-0.15, -0.1) is 0 Å². The highest BCUT2D eigenvalue weighted by Crippen LogP contribution is 2.22. The van der Waals surface area contributed by atoms with Crippen molar-refractivity contribution in [2.75, 3.05) is 5.32 Å². The summed E-state index contributed by atoms with van der Waals surface area (Å²) in [5.41, 5.74) is 4.10. The first-order valence-corrected chi connectivity index (χ1v) is 9.17. The van der Waals surface area contributed by atoms with Gasteiger partial charge < -0.3 is 5.32 Å². The minimum atomic E-state index is -0.899. The minimum Gasteiger partial charge on any atom is -0.326 e. The van der Waals surface area contributed by atoms with Crippen molar-refractivity contribution in [3.63, 3.8) is 0 Å². The Hall–Kier alpha value is -3.26. The second-order valence-electron chi connectivity index (χ2n) is 6.36. The molecule has 3 amide bonds. The maximum Gasteiger partial charge on any atom is 0.254 e. The summed E-state index contributed by atoms with van der Waals surface area (Å²) in [7, 11) is 0. The van der Waals surface area contributed by atoms with E-state index in [1.807, 2.05) is 36.4 Å². The number of benzene rings is 2. The van der Waals surface area contributed by atoms with Gasteiger partial charge in [-0.05, 0) is 29.9 Å². The van der Waals surface area contributed by atoms with E-state index in [0.29, 0.717) is 5.69 Å². The van der Waals surface area contributed by atoms with Gasteiger partial charge in [-0.25, -0.2) is 5.01 Å². The molecule has 2 aromatic rings. The monoisotopic (exact) mass is 396 g/mol. The lowest BCUT2D eigenvalue weighted by molar-refractivity contribution is -0.132. The third kappa shape index (κ3) is 4.52. The van der Waals surface area contributed by atoms with E-state index in [-0.39, 0.29) is 35.8 Å². The SMILES string of the molecule is CC(=O)NN1C(=S)N(Cc2ccccc2)C(=O)C1CC(=O)Nc1ccccc1. The molecule has 1 fully saturated rings. The summed E-state index contributed by atoms with van der Waals surface area (Å²) >= 11 is 5.40. The van der Waals surface area contributed by atoms with Crippen LogP contribution >= 0.6 is 12.2 Å². The van der Waals surface area contributed by atoms with Gasteiger partial charge in [0.15, 0.2) is 5.11 Å². The molecule has 8 heteroatoms. The topological polar surface area (TPSA) is 81.8 Å². The van der Waals surface area contributed by atoms with E-state index >= 15 is 0 Å². The first-order chi connectivity index (χ1) is 13.5. The second kappa shape index (κ2) is 8.62. The van der Waals surface area contributed by atoms with Gasteiger partial charge in [-0.2, -0.15) is 0 Å². The number of amides is 3. The number of rotatable bonds is 6. The number of thiocarbonyl (C=S) groups is 1. The van der Waals surface area contributed by atoms with Gasteiger partial charge in [0, 0.05) is 12.6 Å². The molecule has 0 spiro atoms. The van der Waals surface area contributed by atoms with Crippen LogP contribution in [0, 0.1) is 0 Å². The predicted octanol–water partition coefficient (Wildman–Crippen LogP) is 2.06. The molecule has 0 saturated carbocycles. The van der Waals surface area contributed by atoms with E-state index in [4.69, 9.17) is 12.2 Å². The highest BCUT2D eigenvalue weighted by molar-refractivity contribution is 7.80. The van der Waals surface area contributed by atoms with Crippen LogP contribution in [-0.2, 0) is 20.9 Å². The number of carbonyl (C=O) groups is 3. The fourth-order valence-corrected chi connectivity index (χ4v) is 3.27. The molecule has 144 valence electrons. The first-order valence-electron chi connectivity index (χ1n) is 8.76. The average Bonchev–Trinajstić information content (AvgIpc) is 2.88. The lowest BCUT2D eigenvalue weighted by Crippen LogP contribution is -2.49. The number of anilines is 1. The van der Waals surface area contributed by atoms with Crippen molar-refractivity contribution < 1.29 is 14.4 Å². The predicted molar refractivity (Wildman–Crippen MR) is 109 cm³/mol. The molecule has 1 unspecified atom stereocenters. The summed E-state index contributed by atoms with van der Waals surface area (Å²) in [6.07, 6.45) is -0.139. The summed E-state index contributed by atoms with van der Waals surface area (Å²) in [4.78, 5) is 38.4. The van der Waals surface area contributed by atoms with Gasteiger partial charge in [0.1, 0.15) is 6.04 Å². The Labute approximate surface area is 168 Å². The summed E-state index contributed by atoms with van der Waals surface area (Å²) < 4.78 is 0. The summed E-state index contributed by atoms with van der Waals surface area (Å²) in [5.74, 6) is -1.04. The molecule has 0 aliphatic carbocycles. The number of nitrogens with zero attached hydrogens (tertiary/aromatic N) is 2. The molecule has 2 aromatic carbocycles. The van der Waals surface area contributed by atoms with Crippen LogP contribution < -0.4 is 10.7 Å². The summed E-state index contributed by atoms with van der Waals surface area (Å²) in [5, 5.41) is 4.22. The van der Waals surface area contributed by atoms with Crippen molar-refractivity contribution in [2.45, 2.75) is 25.9 Å². The van der Waals surface area contributed by atoms with Gasteiger partial charge in [0.05, 0.1) is 13.0 Å². The number of carbonyl (C=O) groups excluding carboxylic acids is 3. The number of hydrogen-bond donors (Lipinski definition) is 2. The maximum absolute atomic E-state index is 13.0. The van der Waals surface area contributed by atoms with Gasteiger partial charge in [-0.3, -0.25) is 24.7 Å². The zero-order valence-corrected chi connectivity index (χ0v) is 16.1. The lowest BCUT2D eigenvalue weighted by Gasteiger charge is -2.23. The van der Waals surface area contributed by atoms with Crippen molar-refractivity contribution in [1.29, 1.82) is 0 Å². The highest BCUT2D eigenvalue weighted by Gasteiger charge is 2.44. The first kappa shape index (κ1) is 19.5. The molecule has 28 heavy (non-hydrogen) atoms. The van der Waals surface area contributed by atoms with E-state index in [9.17, 15) is 14.4 Å². The van der Waals surface area contributed by atoms with Crippen LogP contribution in [0.1, 0.15) is 18.9 Å². The molecule has 1 aliphatic rings. The van der Waals surface area contributed by atoms with Crippen LogP contribution in [0.4, 0.5) is 5.69 Å². The molecule has 3 rings (SSSR count). The largest absolute Gasteiger partial charge is 0.326 e. The normalized spacial score (nSPS) is 16.2. The van der Waals surface area contributed by atoms with Crippen LogP contribution in [0.25, 0.3) is 0 Å². The van der Waals surface area contributed by atoms with Crippen molar-refractivity contribution >= 4 is 40.7 Å². The molecule has 2 N–H and O–H groups in total. The van der Waals surface area contributed by atoms with E-state index < -0.39 is 6.04 Å². The Kier molecular flexibility index (Phi) is 6.00. The fourth-order valence-electron chi connectivity index (χ4n) is 2.94. The molecule has 0 radical (unpaired) electrons. The van der Waals surface area contributed by atoms with E-state index in [0.717, 1.165) is 5.56 Å². The lowest BCUT2D eigenvalue weighted by atomic mass is 10.1. The Morgan fingerprint density at radius 1 is 1.04 bits per heavy atom. The van der Waals surface area contributed by atoms with Crippen LogP contribution in [0.3, 0.4) is 0 Å². The molecule has 1 atom stereocenters. The van der Waals surface area contributed by atoms with Crippen LogP contribution in [0.2, 0.25) is 0 Å². The molecule has 1 heterocycles. The van der Waals surface area contributed by atoms with Crippen molar-refractivity contribution in [3.8, 4) is 0 Å². The third-order valence-corrected chi connectivity index (χ3v) is 4.61. The Bertz CT molecular complexity index is 889. The molecule has 1 aliphatic heterocycles. The summed E-state index contributed by atoms with van der Waals surface area (Å²) in [6.45, 7) is 1.60. The van der Waals surface area contributed by atoms with Crippen LogP contribution in [0.5, 0.6) is 0 Å². The van der Waals surface area contributed by atoms with Gasteiger partial charge in [0.2, 0.25) is 11.8 Å². The average molecular weight is 396 g/mol.